The molecule has 1 N–H and O–H groups in total. The first-order valence-corrected chi connectivity index (χ1v) is 11.9. The van der Waals surface area contributed by atoms with E-state index in [1.165, 1.54) is 22.7 Å². The van der Waals surface area contributed by atoms with Crippen molar-refractivity contribution in [3.05, 3.63) is 48.0 Å². The third-order valence-electron chi connectivity index (χ3n) is 4.85. The molecule has 2 amide bonds. The molecule has 0 aromatic heterocycles. The van der Waals surface area contributed by atoms with Crippen LogP contribution >= 0.6 is 11.8 Å². The van der Waals surface area contributed by atoms with Gasteiger partial charge in [0.25, 0.3) is 0 Å². The number of carbonyl (C=O) groups is 2. The van der Waals surface area contributed by atoms with E-state index in [0.29, 0.717) is 12.1 Å². The Morgan fingerprint density at radius 3 is 2.66 bits per heavy atom. The van der Waals surface area contributed by atoms with Gasteiger partial charge in [-0.1, -0.05) is 19.1 Å². The average Bonchev–Trinajstić information content (AvgIpc) is 2.70. The van der Waals surface area contributed by atoms with Crippen LogP contribution in [-0.4, -0.2) is 38.3 Å². The Labute approximate surface area is 175 Å². The highest BCUT2D eigenvalue weighted by Gasteiger charge is 2.27. The number of sulfone groups is 1. The van der Waals surface area contributed by atoms with E-state index in [2.05, 4.69) is 5.32 Å². The second-order valence-electron chi connectivity index (χ2n) is 7.02. The summed E-state index contributed by atoms with van der Waals surface area (Å²) in [5, 5.41) is 2.62. The van der Waals surface area contributed by atoms with Crippen molar-refractivity contribution in [3.63, 3.8) is 0 Å². The smallest absolute Gasteiger partial charge is 0.237 e. The largest absolute Gasteiger partial charge is 0.324 e. The van der Waals surface area contributed by atoms with Crippen LogP contribution in [0.5, 0.6) is 0 Å². The first-order chi connectivity index (χ1) is 13.7. The van der Waals surface area contributed by atoms with Crippen LogP contribution in [-0.2, 0) is 19.4 Å². The molecule has 1 atom stereocenters. The number of hydrogen-bond donors (Lipinski definition) is 1. The van der Waals surface area contributed by atoms with E-state index in [1.54, 1.807) is 19.2 Å². The van der Waals surface area contributed by atoms with Gasteiger partial charge in [0.15, 0.2) is 9.84 Å². The van der Waals surface area contributed by atoms with Crippen molar-refractivity contribution in [2.45, 2.75) is 41.7 Å². The molecule has 6 nitrogen and oxygen atoms in total. The van der Waals surface area contributed by atoms with Crippen LogP contribution in [0, 0.1) is 6.92 Å². The minimum absolute atomic E-state index is 0.109. The van der Waals surface area contributed by atoms with E-state index in [-0.39, 0.29) is 34.1 Å². The Morgan fingerprint density at radius 1 is 1.21 bits per heavy atom. The number of thioether (sulfide) groups is 1. The third kappa shape index (κ3) is 4.82. The summed E-state index contributed by atoms with van der Waals surface area (Å²) < 4.78 is 25.5. The van der Waals surface area contributed by atoms with Gasteiger partial charge in [0.2, 0.25) is 11.8 Å². The summed E-state index contributed by atoms with van der Waals surface area (Å²) in [5.41, 5.74) is 2.26. The fraction of sp³-hybridized carbons (Fsp3) is 0.333. The number of nitrogens with zero attached hydrogens (tertiary/aromatic N) is 1. The van der Waals surface area contributed by atoms with Gasteiger partial charge < -0.3 is 10.2 Å². The maximum Gasteiger partial charge on any atom is 0.237 e. The maximum absolute atomic E-state index is 12.7. The van der Waals surface area contributed by atoms with Gasteiger partial charge in [0.1, 0.15) is 0 Å². The molecule has 2 aromatic rings. The lowest BCUT2D eigenvalue weighted by Crippen LogP contribution is -2.29. The molecule has 0 aliphatic carbocycles. The van der Waals surface area contributed by atoms with Crippen LogP contribution in [0.2, 0.25) is 0 Å². The van der Waals surface area contributed by atoms with Crippen LogP contribution in [0.1, 0.15) is 25.3 Å². The van der Waals surface area contributed by atoms with Gasteiger partial charge in [-0.05, 0) is 49.2 Å². The highest BCUT2D eigenvalue weighted by atomic mass is 32.2. The molecule has 0 saturated carbocycles. The van der Waals surface area contributed by atoms with Crippen molar-refractivity contribution in [1.82, 2.24) is 0 Å². The van der Waals surface area contributed by atoms with Gasteiger partial charge >= 0.3 is 0 Å². The SMILES string of the molecule is CC[C@H]1Sc2ccc(S(=O)(=O)CCC(=O)N(C)c3cccc(C)c3)cc2NC1=O. The molecule has 29 heavy (non-hydrogen) atoms. The van der Waals surface area contributed by atoms with E-state index < -0.39 is 9.84 Å². The quantitative estimate of drug-likeness (QED) is 0.753. The fourth-order valence-corrected chi connectivity index (χ4v) is 5.35. The van der Waals surface area contributed by atoms with E-state index >= 15 is 0 Å². The molecule has 1 aliphatic rings. The molecule has 2 aromatic carbocycles. The molecule has 0 spiro atoms. The number of amides is 2. The summed E-state index contributed by atoms with van der Waals surface area (Å²) in [7, 11) is -2.02. The normalized spacial score (nSPS) is 16.1. The number of aryl methyl sites for hydroxylation is 1. The molecule has 3 rings (SSSR count). The van der Waals surface area contributed by atoms with Crippen LogP contribution in [0.25, 0.3) is 0 Å². The number of nitrogens with one attached hydrogen (secondary N) is 1. The van der Waals surface area contributed by atoms with E-state index in [9.17, 15) is 18.0 Å². The Hall–Kier alpha value is -2.32. The lowest BCUT2D eigenvalue weighted by molar-refractivity contribution is -0.118. The van der Waals surface area contributed by atoms with E-state index in [4.69, 9.17) is 0 Å². The number of carbonyl (C=O) groups excluding carboxylic acids is 2. The molecule has 1 heterocycles. The summed E-state index contributed by atoms with van der Waals surface area (Å²) >= 11 is 1.44. The second-order valence-corrected chi connectivity index (χ2v) is 10.4. The number of rotatable bonds is 6. The number of hydrogen-bond acceptors (Lipinski definition) is 5. The Balaban J connectivity index is 1.71. The molecule has 0 fully saturated rings. The van der Waals surface area contributed by atoms with Gasteiger partial charge in [0, 0.05) is 24.1 Å². The van der Waals surface area contributed by atoms with Crippen LogP contribution < -0.4 is 10.2 Å². The average molecular weight is 433 g/mol. The number of anilines is 2. The van der Waals surface area contributed by atoms with Crippen molar-refractivity contribution in [3.8, 4) is 0 Å². The predicted molar refractivity (Wildman–Crippen MR) is 116 cm³/mol. The molecular formula is C21H24N2O4S2. The topological polar surface area (TPSA) is 83.6 Å². The first kappa shape index (κ1) is 21.4. The highest BCUT2D eigenvalue weighted by Crippen LogP contribution is 2.38. The van der Waals surface area contributed by atoms with E-state index in [0.717, 1.165) is 16.1 Å². The van der Waals surface area contributed by atoms with Crippen molar-refractivity contribution >= 4 is 44.8 Å². The first-order valence-electron chi connectivity index (χ1n) is 9.39. The van der Waals surface area contributed by atoms with Crippen molar-refractivity contribution in [2.24, 2.45) is 0 Å². The molecular weight excluding hydrogens is 408 g/mol. The highest BCUT2D eigenvalue weighted by molar-refractivity contribution is 8.01. The zero-order valence-corrected chi connectivity index (χ0v) is 18.3. The summed E-state index contributed by atoms with van der Waals surface area (Å²) in [6.07, 6.45) is 0.579. The monoisotopic (exact) mass is 432 g/mol. The van der Waals surface area contributed by atoms with Gasteiger partial charge in [-0.15, -0.1) is 11.8 Å². The standard InChI is InChI=1S/C21H24N2O4S2/c1-4-18-21(25)22-17-13-16(8-9-19(17)28-18)29(26,27)11-10-20(24)23(3)15-7-5-6-14(2)12-15/h5-9,12-13,18H,4,10-11H2,1-3H3,(H,22,25)/t18-/m1/s1. The van der Waals surface area contributed by atoms with Gasteiger partial charge in [-0.25, -0.2) is 8.42 Å². The molecule has 0 bridgehead atoms. The molecule has 0 saturated heterocycles. The molecule has 0 unspecified atom stereocenters. The molecule has 154 valence electrons. The molecule has 0 radical (unpaired) electrons. The summed E-state index contributed by atoms with van der Waals surface area (Å²) in [4.78, 5) is 27.0. The van der Waals surface area contributed by atoms with Crippen molar-refractivity contribution in [2.75, 3.05) is 23.0 Å². The number of fused-ring (bicyclic) bond motifs is 1. The van der Waals surface area contributed by atoms with Gasteiger partial charge in [-0.2, -0.15) is 0 Å². The Bertz CT molecular complexity index is 1050. The summed E-state index contributed by atoms with van der Waals surface area (Å²) in [6.45, 7) is 3.87. The maximum atomic E-state index is 12.7. The van der Waals surface area contributed by atoms with Crippen LogP contribution in [0.3, 0.4) is 0 Å². The minimum Gasteiger partial charge on any atom is -0.324 e. The Kier molecular flexibility index (Phi) is 6.33. The van der Waals surface area contributed by atoms with Gasteiger partial charge in [-0.3, -0.25) is 9.59 Å². The zero-order valence-electron chi connectivity index (χ0n) is 16.6. The van der Waals surface area contributed by atoms with E-state index in [1.807, 2.05) is 38.1 Å². The van der Waals surface area contributed by atoms with Gasteiger partial charge in [0.05, 0.1) is 21.6 Å². The zero-order chi connectivity index (χ0) is 21.2. The molecule has 8 heteroatoms. The lowest BCUT2D eigenvalue weighted by atomic mass is 10.2. The summed E-state index contributed by atoms with van der Waals surface area (Å²) in [6, 6.07) is 12.2. The van der Waals surface area contributed by atoms with Crippen LogP contribution in [0.15, 0.2) is 52.3 Å². The third-order valence-corrected chi connectivity index (χ3v) is 8.00. The lowest BCUT2D eigenvalue weighted by Gasteiger charge is -2.23. The van der Waals surface area contributed by atoms with Crippen molar-refractivity contribution in [1.29, 1.82) is 0 Å². The Morgan fingerprint density at radius 2 is 1.97 bits per heavy atom. The number of benzene rings is 2. The summed E-state index contributed by atoms with van der Waals surface area (Å²) in [5.74, 6) is -0.680. The predicted octanol–water partition coefficient (Wildman–Crippen LogP) is 3.64. The fourth-order valence-electron chi connectivity index (χ4n) is 3.08. The second kappa shape index (κ2) is 8.59. The van der Waals surface area contributed by atoms with Crippen LogP contribution in [0.4, 0.5) is 11.4 Å². The molecule has 1 aliphatic heterocycles. The minimum atomic E-state index is -3.66. The van der Waals surface area contributed by atoms with Crippen molar-refractivity contribution < 1.29 is 18.0 Å².